The van der Waals surface area contributed by atoms with Gasteiger partial charge in [0.15, 0.2) is 5.78 Å². The largest absolute Gasteiger partial charge is 0.488 e. The molecule has 0 bridgehead atoms. The Bertz CT molecular complexity index is 1800. The summed E-state index contributed by atoms with van der Waals surface area (Å²) in [4.78, 5) is 61.1. The van der Waals surface area contributed by atoms with Crippen molar-refractivity contribution >= 4 is 56.9 Å². The first-order valence-electron chi connectivity index (χ1n) is 20.0. The quantitative estimate of drug-likeness (QED) is 0.0855. The van der Waals surface area contributed by atoms with E-state index in [1.165, 1.54) is 0 Å². The van der Waals surface area contributed by atoms with Gasteiger partial charge >= 0.3 is 17.9 Å². The number of esters is 3. The number of carbonyl (C=O) groups is 4. The van der Waals surface area contributed by atoms with Crippen LogP contribution in [0.5, 0.6) is 11.5 Å². The lowest BCUT2D eigenvalue weighted by Gasteiger charge is -2.29. The third kappa shape index (κ3) is 17.4. The number of benzene rings is 2. The van der Waals surface area contributed by atoms with Crippen molar-refractivity contribution < 1.29 is 47.6 Å². The second-order valence-corrected chi connectivity index (χ2v) is 20.6. The van der Waals surface area contributed by atoms with E-state index in [9.17, 15) is 19.2 Å². The van der Waals surface area contributed by atoms with E-state index in [4.69, 9.17) is 33.4 Å². The highest BCUT2D eigenvalue weighted by Crippen LogP contribution is 2.38. The molecule has 0 saturated heterocycles. The van der Waals surface area contributed by atoms with Crippen LogP contribution in [0.2, 0.25) is 0 Å². The fraction of sp³-hybridized carbons (Fsp3) is 0.622. The topological polar surface area (TPSA) is 142 Å². The fourth-order valence-electron chi connectivity index (χ4n) is 6.00. The average Bonchev–Trinajstić information content (AvgIpc) is 3.38. The van der Waals surface area contributed by atoms with Gasteiger partial charge < -0.3 is 38.2 Å². The van der Waals surface area contributed by atoms with Gasteiger partial charge in [0, 0.05) is 10.9 Å². The number of halogens is 1. The minimum absolute atomic E-state index is 0.0327. The van der Waals surface area contributed by atoms with Gasteiger partial charge in [-0.25, -0.2) is 4.99 Å². The number of ether oxygens (including phenoxy) is 6. The summed E-state index contributed by atoms with van der Waals surface area (Å²) in [5, 5.41) is 0. The van der Waals surface area contributed by atoms with Gasteiger partial charge in [0.2, 0.25) is 5.90 Å². The number of Topliss-reactive ketones (excluding diaryl/α,β-unsaturated/α-hetero) is 1. The van der Waals surface area contributed by atoms with Crippen molar-refractivity contribution in [3.8, 4) is 11.5 Å². The molecular formula is C45H66BrN3O10. The van der Waals surface area contributed by atoms with Gasteiger partial charge in [-0.1, -0.05) is 26.8 Å². The zero-order chi connectivity index (χ0) is 44.7. The number of hydrogen-bond acceptors (Lipinski definition) is 13. The molecule has 2 aromatic carbocycles. The van der Waals surface area contributed by atoms with Gasteiger partial charge in [0.1, 0.15) is 67.8 Å². The molecule has 13 nitrogen and oxygen atoms in total. The van der Waals surface area contributed by atoms with Gasteiger partial charge in [-0.05, 0) is 134 Å². The van der Waals surface area contributed by atoms with Crippen LogP contribution in [0.15, 0.2) is 39.8 Å². The molecule has 0 spiro atoms. The molecule has 3 rings (SSSR count). The SMILES string of the molecule is Cc1ccc(N(CC(=O)OC(C)(C)C)CC(=O)OC(C)(C)C)c(OCCOc2cc(Br)c(C3=NC(C)(C)CO3)cc2N(CC(=O)CC(C)(C)C)CC(=O)OC(C)(C)C)c1. The molecule has 0 atom stereocenters. The molecule has 1 aliphatic rings. The Kier molecular flexibility index (Phi) is 16.1. The van der Waals surface area contributed by atoms with Crippen LogP contribution in [0.3, 0.4) is 0 Å². The fourth-order valence-corrected chi connectivity index (χ4v) is 6.49. The zero-order valence-electron chi connectivity index (χ0n) is 37.8. The number of hydrogen-bond donors (Lipinski definition) is 0. The number of ketones is 1. The molecule has 0 unspecified atom stereocenters. The van der Waals surface area contributed by atoms with Crippen LogP contribution in [0.1, 0.15) is 114 Å². The number of rotatable bonds is 17. The van der Waals surface area contributed by atoms with E-state index in [2.05, 4.69) is 15.9 Å². The number of anilines is 2. The standard InChI is InChI=1S/C45H66BrN3O10/c1-29-16-17-33(49(26-38(52)58-43(8,9)10)27-39(53)59-44(11,12)13)35(20-29)54-18-19-55-36-22-32(46)31(40-47-45(14,15)28-56-40)21-34(36)48(24-30(50)23-41(2,3)4)25-37(51)57-42(5,6)7/h16-17,20-22H,18-19,23-28H2,1-15H3. The Morgan fingerprint density at radius 3 is 1.58 bits per heavy atom. The summed E-state index contributed by atoms with van der Waals surface area (Å²) >= 11 is 3.68. The molecule has 0 amide bonds. The normalized spacial score (nSPS) is 14.1. The van der Waals surface area contributed by atoms with E-state index < -0.39 is 40.2 Å². The lowest BCUT2D eigenvalue weighted by Crippen LogP contribution is -2.40. The Balaban J connectivity index is 2.01. The van der Waals surface area contributed by atoms with Crippen LogP contribution >= 0.6 is 15.9 Å². The van der Waals surface area contributed by atoms with Gasteiger partial charge in [-0.3, -0.25) is 19.2 Å². The van der Waals surface area contributed by atoms with Crippen LogP contribution in [-0.4, -0.2) is 97.9 Å². The lowest BCUT2D eigenvalue weighted by molar-refractivity contribution is -0.155. The predicted octanol–water partition coefficient (Wildman–Crippen LogP) is 8.41. The molecule has 1 aliphatic heterocycles. The number of aliphatic imine (C=N–C) groups is 1. The molecule has 0 aromatic heterocycles. The molecule has 0 N–H and O–H groups in total. The van der Waals surface area contributed by atoms with Crippen LogP contribution in [-0.2, 0) is 38.1 Å². The minimum Gasteiger partial charge on any atom is -0.488 e. The van der Waals surface area contributed by atoms with Crippen molar-refractivity contribution in [1.29, 1.82) is 0 Å². The predicted molar refractivity (Wildman–Crippen MR) is 234 cm³/mol. The van der Waals surface area contributed by atoms with Gasteiger partial charge in [0.05, 0.1) is 29.0 Å². The molecule has 0 saturated carbocycles. The summed E-state index contributed by atoms with van der Waals surface area (Å²) in [6.45, 7) is 27.5. The second-order valence-electron chi connectivity index (χ2n) is 19.7. The maximum Gasteiger partial charge on any atom is 0.326 e. The minimum atomic E-state index is -0.748. The lowest BCUT2D eigenvalue weighted by atomic mass is 9.90. The molecule has 328 valence electrons. The molecule has 0 aliphatic carbocycles. The maximum atomic E-state index is 13.5. The van der Waals surface area contributed by atoms with Gasteiger partial charge in [0.25, 0.3) is 0 Å². The summed E-state index contributed by atoms with van der Waals surface area (Å²) in [5.74, 6) is -0.412. The van der Waals surface area contributed by atoms with Crippen molar-refractivity contribution in [1.82, 2.24) is 0 Å². The molecular weight excluding hydrogens is 822 g/mol. The van der Waals surface area contributed by atoms with E-state index in [0.717, 1.165) is 5.56 Å². The molecule has 1 heterocycles. The molecule has 0 radical (unpaired) electrons. The number of carbonyl (C=O) groups excluding carboxylic acids is 4. The highest BCUT2D eigenvalue weighted by atomic mass is 79.9. The van der Waals surface area contributed by atoms with E-state index in [1.54, 1.807) is 90.3 Å². The Labute approximate surface area is 359 Å². The first-order valence-corrected chi connectivity index (χ1v) is 20.8. The summed E-state index contributed by atoms with van der Waals surface area (Å²) in [5.41, 5.74) is -0.469. The Hall–Kier alpha value is -4.33. The molecule has 0 fully saturated rings. The third-order valence-electron chi connectivity index (χ3n) is 7.96. The molecule has 2 aromatic rings. The number of nitrogens with zero attached hydrogens (tertiary/aromatic N) is 3. The number of aryl methyl sites for hydroxylation is 1. The Morgan fingerprint density at radius 2 is 1.15 bits per heavy atom. The van der Waals surface area contributed by atoms with Crippen LogP contribution in [0.4, 0.5) is 11.4 Å². The highest BCUT2D eigenvalue weighted by Gasteiger charge is 2.32. The van der Waals surface area contributed by atoms with Crippen molar-refractivity contribution in [2.75, 3.05) is 55.8 Å². The highest BCUT2D eigenvalue weighted by molar-refractivity contribution is 9.10. The van der Waals surface area contributed by atoms with Crippen molar-refractivity contribution in [2.45, 2.75) is 133 Å². The van der Waals surface area contributed by atoms with Crippen molar-refractivity contribution in [3.05, 3.63) is 45.9 Å². The summed E-state index contributed by atoms with van der Waals surface area (Å²) < 4.78 is 36.3. The van der Waals surface area contributed by atoms with Gasteiger partial charge in [-0.2, -0.15) is 0 Å². The molecule has 59 heavy (non-hydrogen) atoms. The summed E-state index contributed by atoms with van der Waals surface area (Å²) in [6.07, 6.45) is 0.285. The average molecular weight is 889 g/mol. The van der Waals surface area contributed by atoms with Crippen LogP contribution < -0.4 is 19.3 Å². The zero-order valence-corrected chi connectivity index (χ0v) is 39.4. The summed E-state index contributed by atoms with van der Waals surface area (Å²) in [7, 11) is 0. The first-order chi connectivity index (χ1) is 26.9. The molecule has 14 heteroatoms. The van der Waals surface area contributed by atoms with E-state index in [0.29, 0.717) is 45.4 Å². The summed E-state index contributed by atoms with van der Waals surface area (Å²) in [6, 6.07) is 9.03. The van der Waals surface area contributed by atoms with Crippen molar-refractivity contribution in [2.24, 2.45) is 10.4 Å². The van der Waals surface area contributed by atoms with E-state index in [-0.39, 0.29) is 57.0 Å². The smallest absolute Gasteiger partial charge is 0.326 e. The van der Waals surface area contributed by atoms with Gasteiger partial charge in [-0.15, -0.1) is 0 Å². The second kappa shape index (κ2) is 19.4. The monoisotopic (exact) mass is 887 g/mol. The first kappa shape index (κ1) is 49.0. The van der Waals surface area contributed by atoms with Crippen LogP contribution in [0, 0.1) is 12.3 Å². The van der Waals surface area contributed by atoms with Crippen LogP contribution in [0.25, 0.3) is 0 Å². The third-order valence-corrected chi connectivity index (χ3v) is 8.61. The van der Waals surface area contributed by atoms with Crippen molar-refractivity contribution in [3.63, 3.8) is 0 Å². The Morgan fingerprint density at radius 1 is 0.695 bits per heavy atom. The van der Waals surface area contributed by atoms with E-state index >= 15 is 0 Å². The maximum absolute atomic E-state index is 13.5. The van der Waals surface area contributed by atoms with E-state index in [1.807, 2.05) is 53.7 Å².